The van der Waals surface area contributed by atoms with Crippen LogP contribution in [0.4, 0.5) is 5.82 Å². The van der Waals surface area contributed by atoms with Crippen molar-refractivity contribution in [3.8, 4) is 0 Å². The highest BCUT2D eigenvalue weighted by molar-refractivity contribution is 5.39. The van der Waals surface area contributed by atoms with E-state index in [1.165, 1.54) is 11.4 Å². The van der Waals surface area contributed by atoms with Gasteiger partial charge in [-0.1, -0.05) is 6.92 Å². The van der Waals surface area contributed by atoms with Crippen LogP contribution in [0.3, 0.4) is 0 Å². The number of piperidine rings is 1. The number of aryl methyl sites for hydroxylation is 2. The number of nitrogens with one attached hydrogen (secondary N) is 2. The molecular formula is C17H26N6. The molecule has 0 spiro atoms. The van der Waals surface area contributed by atoms with Gasteiger partial charge < -0.3 is 10.6 Å². The Labute approximate surface area is 137 Å². The predicted octanol–water partition coefficient (Wildman–Crippen LogP) is 2.55. The lowest BCUT2D eigenvalue weighted by atomic mass is 9.94. The molecule has 3 rings (SSSR count). The standard InChI is InChI=1S/C17H26N6/c1-4-14(16-7-10-19-23(16)3)22-17-11-15(20-12(2)21-17)13-5-8-18-9-6-13/h7,10-11,13-14,18H,4-6,8-9H2,1-3H3,(H,20,21,22). The summed E-state index contributed by atoms with van der Waals surface area (Å²) in [6, 6.07) is 4.39. The van der Waals surface area contributed by atoms with E-state index in [9.17, 15) is 0 Å². The summed E-state index contributed by atoms with van der Waals surface area (Å²) < 4.78 is 1.92. The van der Waals surface area contributed by atoms with Crippen molar-refractivity contribution < 1.29 is 0 Å². The summed E-state index contributed by atoms with van der Waals surface area (Å²) in [6.45, 7) is 6.29. The molecule has 1 saturated heterocycles. The van der Waals surface area contributed by atoms with Crippen molar-refractivity contribution >= 4 is 5.82 Å². The predicted molar refractivity (Wildman–Crippen MR) is 91.5 cm³/mol. The van der Waals surface area contributed by atoms with Gasteiger partial charge in [0.15, 0.2) is 0 Å². The van der Waals surface area contributed by atoms with Crippen LogP contribution in [-0.2, 0) is 7.05 Å². The molecule has 2 N–H and O–H groups in total. The minimum Gasteiger partial charge on any atom is -0.362 e. The van der Waals surface area contributed by atoms with E-state index in [0.717, 1.165) is 44.0 Å². The zero-order valence-corrected chi connectivity index (χ0v) is 14.2. The highest BCUT2D eigenvalue weighted by Crippen LogP contribution is 2.27. The molecule has 1 aliphatic rings. The lowest BCUT2D eigenvalue weighted by molar-refractivity contribution is 0.452. The van der Waals surface area contributed by atoms with Crippen LogP contribution in [0.2, 0.25) is 0 Å². The minimum absolute atomic E-state index is 0.206. The number of rotatable bonds is 5. The normalized spacial score (nSPS) is 17.2. The highest BCUT2D eigenvalue weighted by Gasteiger charge is 2.19. The van der Waals surface area contributed by atoms with Crippen LogP contribution >= 0.6 is 0 Å². The lowest BCUT2D eigenvalue weighted by Gasteiger charge is -2.23. The molecule has 1 unspecified atom stereocenters. The first-order chi connectivity index (χ1) is 11.2. The molecule has 23 heavy (non-hydrogen) atoms. The third-order valence-corrected chi connectivity index (χ3v) is 4.56. The highest BCUT2D eigenvalue weighted by atomic mass is 15.3. The molecule has 6 nitrogen and oxygen atoms in total. The zero-order chi connectivity index (χ0) is 16.2. The molecule has 0 radical (unpaired) electrons. The summed E-state index contributed by atoms with van der Waals surface area (Å²) in [5.41, 5.74) is 2.34. The van der Waals surface area contributed by atoms with Crippen LogP contribution in [-0.4, -0.2) is 32.8 Å². The molecule has 124 valence electrons. The molecular weight excluding hydrogens is 288 g/mol. The van der Waals surface area contributed by atoms with E-state index in [0.29, 0.717) is 5.92 Å². The van der Waals surface area contributed by atoms with E-state index in [-0.39, 0.29) is 6.04 Å². The van der Waals surface area contributed by atoms with Gasteiger partial charge in [0, 0.05) is 30.9 Å². The van der Waals surface area contributed by atoms with Gasteiger partial charge in [-0.05, 0) is 45.3 Å². The molecule has 0 amide bonds. The molecule has 0 saturated carbocycles. The average Bonchev–Trinajstić information content (AvgIpc) is 2.99. The second kappa shape index (κ2) is 7.08. The number of anilines is 1. The number of nitrogens with zero attached hydrogens (tertiary/aromatic N) is 4. The SMILES string of the molecule is CCC(Nc1cc(C2CCNCC2)nc(C)n1)c1ccnn1C. The Morgan fingerprint density at radius 3 is 2.78 bits per heavy atom. The van der Waals surface area contributed by atoms with E-state index in [4.69, 9.17) is 0 Å². The summed E-state index contributed by atoms with van der Waals surface area (Å²) in [5, 5.41) is 11.2. The quantitative estimate of drug-likeness (QED) is 0.888. The van der Waals surface area contributed by atoms with Crippen molar-refractivity contribution in [3.63, 3.8) is 0 Å². The van der Waals surface area contributed by atoms with Crippen molar-refractivity contribution in [2.45, 2.75) is 45.1 Å². The van der Waals surface area contributed by atoms with E-state index >= 15 is 0 Å². The first-order valence-electron chi connectivity index (χ1n) is 8.48. The van der Waals surface area contributed by atoms with Gasteiger partial charge >= 0.3 is 0 Å². The summed E-state index contributed by atoms with van der Waals surface area (Å²) in [6.07, 6.45) is 5.11. The Morgan fingerprint density at radius 2 is 2.13 bits per heavy atom. The molecule has 0 bridgehead atoms. The fourth-order valence-electron chi connectivity index (χ4n) is 3.28. The molecule has 0 aliphatic carbocycles. The maximum Gasteiger partial charge on any atom is 0.130 e. The number of aromatic nitrogens is 4. The van der Waals surface area contributed by atoms with E-state index in [2.05, 4.69) is 44.8 Å². The van der Waals surface area contributed by atoms with Gasteiger partial charge in [-0.15, -0.1) is 0 Å². The van der Waals surface area contributed by atoms with Gasteiger partial charge in [-0.2, -0.15) is 5.10 Å². The second-order valence-electron chi connectivity index (χ2n) is 6.23. The van der Waals surface area contributed by atoms with Gasteiger partial charge in [-0.3, -0.25) is 4.68 Å². The third kappa shape index (κ3) is 3.69. The molecule has 2 aromatic rings. The van der Waals surface area contributed by atoms with Gasteiger partial charge in [-0.25, -0.2) is 9.97 Å². The topological polar surface area (TPSA) is 67.7 Å². The fraction of sp³-hybridized carbons (Fsp3) is 0.588. The first kappa shape index (κ1) is 15.9. The van der Waals surface area contributed by atoms with E-state index in [1.54, 1.807) is 0 Å². The zero-order valence-electron chi connectivity index (χ0n) is 14.2. The van der Waals surface area contributed by atoms with Crippen LogP contribution in [0.1, 0.15) is 55.4 Å². The van der Waals surface area contributed by atoms with Crippen molar-refractivity contribution in [2.75, 3.05) is 18.4 Å². The Bertz CT molecular complexity index is 644. The first-order valence-corrected chi connectivity index (χ1v) is 8.48. The van der Waals surface area contributed by atoms with Crippen LogP contribution in [0.5, 0.6) is 0 Å². The van der Waals surface area contributed by atoms with Crippen molar-refractivity contribution in [2.24, 2.45) is 7.05 Å². The minimum atomic E-state index is 0.206. The van der Waals surface area contributed by atoms with Gasteiger partial charge in [0.1, 0.15) is 11.6 Å². The van der Waals surface area contributed by atoms with Gasteiger partial charge in [0.2, 0.25) is 0 Å². The number of hydrogen-bond donors (Lipinski definition) is 2. The molecule has 1 fully saturated rings. The van der Waals surface area contributed by atoms with E-state index in [1.807, 2.05) is 24.9 Å². The molecule has 2 aromatic heterocycles. The Balaban J connectivity index is 1.81. The molecule has 3 heterocycles. The maximum absolute atomic E-state index is 4.67. The van der Waals surface area contributed by atoms with E-state index < -0.39 is 0 Å². The second-order valence-corrected chi connectivity index (χ2v) is 6.23. The molecule has 1 aliphatic heterocycles. The van der Waals surface area contributed by atoms with Crippen molar-refractivity contribution in [1.29, 1.82) is 0 Å². The third-order valence-electron chi connectivity index (χ3n) is 4.56. The molecule has 0 aromatic carbocycles. The Kier molecular flexibility index (Phi) is 4.91. The number of hydrogen-bond acceptors (Lipinski definition) is 5. The van der Waals surface area contributed by atoms with Crippen LogP contribution in [0.15, 0.2) is 18.3 Å². The largest absolute Gasteiger partial charge is 0.362 e. The molecule has 1 atom stereocenters. The monoisotopic (exact) mass is 314 g/mol. The lowest BCUT2D eigenvalue weighted by Crippen LogP contribution is -2.27. The van der Waals surface area contributed by atoms with Crippen molar-refractivity contribution in [3.05, 3.63) is 35.5 Å². The van der Waals surface area contributed by atoms with Gasteiger partial charge in [0.05, 0.1) is 11.7 Å². The summed E-state index contributed by atoms with van der Waals surface area (Å²) >= 11 is 0. The maximum atomic E-state index is 4.67. The summed E-state index contributed by atoms with van der Waals surface area (Å²) in [5.74, 6) is 2.29. The van der Waals surface area contributed by atoms with Crippen LogP contribution in [0.25, 0.3) is 0 Å². The van der Waals surface area contributed by atoms with Gasteiger partial charge in [0.25, 0.3) is 0 Å². The average molecular weight is 314 g/mol. The van der Waals surface area contributed by atoms with Crippen molar-refractivity contribution in [1.82, 2.24) is 25.1 Å². The van der Waals surface area contributed by atoms with Crippen LogP contribution < -0.4 is 10.6 Å². The summed E-state index contributed by atoms with van der Waals surface area (Å²) in [4.78, 5) is 9.26. The summed E-state index contributed by atoms with van der Waals surface area (Å²) in [7, 11) is 1.98. The fourth-order valence-corrected chi connectivity index (χ4v) is 3.28. The Morgan fingerprint density at radius 1 is 1.35 bits per heavy atom. The Hall–Kier alpha value is -1.95. The molecule has 6 heteroatoms. The smallest absolute Gasteiger partial charge is 0.130 e. The van der Waals surface area contributed by atoms with Crippen LogP contribution in [0, 0.1) is 6.92 Å².